The Balaban J connectivity index is 1.46. The van der Waals surface area contributed by atoms with Gasteiger partial charge >= 0.3 is 0 Å². The van der Waals surface area contributed by atoms with Crippen LogP contribution in [0, 0.1) is 0 Å². The number of furan rings is 2. The van der Waals surface area contributed by atoms with Crippen LogP contribution >= 0.6 is 0 Å². The van der Waals surface area contributed by atoms with Crippen LogP contribution < -0.4 is 5.32 Å². The van der Waals surface area contributed by atoms with Crippen LogP contribution in [-0.2, 0) is 11.2 Å². The Labute approximate surface area is 139 Å². The van der Waals surface area contributed by atoms with E-state index in [-0.39, 0.29) is 12.5 Å². The minimum atomic E-state index is -0.836. The second-order valence-corrected chi connectivity index (χ2v) is 5.47. The van der Waals surface area contributed by atoms with Crippen LogP contribution in [0.2, 0.25) is 0 Å². The monoisotopic (exact) mass is 325 g/mol. The molecule has 1 aromatic carbocycles. The summed E-state index contributed by atoms with van der Waals surface area (Å²) in [5, 5.41) is 12.5. The molecule has 0 fully saturated rings. The van der Waals surface area contributed by atoms with Crippen molar-refractivity contribution in [1.82, 2.24) is 5.32 Å². The Kier molecular flexibility index (Phi) is 5.13. The summed E-state index contributed by atoms with van der Waals surface area (Å²) in [6.07, 6.45) is 1.46. The maximum Gasteiger partial charge on any atom is 0.220 e. The summed E-state index contributed by atoms with van der Waals surface area (Å²) in [6.45, 7) is 0.125. The lowest BCUT2D eigenvalue weighted by Crippen LogP contribution is -2.28. The van der Waals surface area contributed by atoms with Gasteiger partial charge in [-0.2, -0.15) is 0 Å². The van der Waals surface area contributed by atoms with Gasteiger partial charge in [0.2, 0.25) is 5.91 Å². The van der Waals surface area contributed by atoms with Crippen molar-refractivity contribution in [2.24, 2.45) is 0 Å². The second kappa shape index (κ2) is 7.66. The molecule has 24 heavy (non-hydrogen) atoms. The topological polar surface area (TPSA) is 75.6 Å². The molecule has 1 atom stereocenters. The van der Waals surface area contributed by atoms with Crippen molar-refractivity contribution in [2.75, 3.05) is 6.54 Å². The molecule has 0 bridgehead atoms. The molecule has 5 heteroatoms. The molecule has 1 unspecified atom stereocenters. The molecule has 3 rings (SSSR count). The predicted molar refractivity (Wildman–Crippen MR) is 89.1 cm³/mol. The summed E-state index contributed by atoms with van der Waals surface area (Å²) in [6, 6.07) is 17.0. The van der Waals surface area contributed by atoms with Crippen molar-refractivity contribution >= 4 is 5.91 Å². The van der Waals surface area contributed by atoms with Crippen LogP contribution in [0.1, 0.15) is 24.0 Å². The average molecular weight is 325 g/mol. The predicted octanol–water partition coefficient (Wildman–Crippen LogP) is 3.32. The van der Waals surface area contributed by atoms with Gasteiger partial charge in [0.15, 0.2) is 0 Å². The number of benzene rings is 1. The minimum absolute atomic E-state index is 0.125. The molecular formula is C19H19NO4. The summed E-state index contributed by atoms with van der Waals surface area (Å²) in [5.41, 5.74) is 1.01. The first-order valence-electron chi connectivity index (χ1n) is 7.84. The normalized spacial score (nSPS) is 12.0. The fourth-order valence-corrected chi connectivity index (χ4v) is 2.39. The Hall–Kier alpha value is -2.79. The highest BCUT2D eigenvalue weighted by Crippen LogP contribution is 2.22. The van der Waals surface area contributed by atoms with Gasteiger partial charge in [0.05, 0.1) is 12.8 Å². The van der Waals surface area contributed by atoms with E-state index in [1.807, 2.05) is 42.5 Å². The first kappa shape index (κ1) is 16.1. The van der Waals surface area contributed by atoms with Gasteiger partial charge in [-0.3, -0.25) is 4.79 Å². The number of aliphatic hydroxyl groups excluding tert-OH is 1. The van der Waals surface area contributed by atoms with Gasteiger partial charge in [0, 0.05) is 18.4 Å². The maximum absolute atomic E-state index is 11.9. The fraction of sp³-hybridized carbons (Fsp3) is 0.211. The number of hydrogen-bond acceptors (Lipinski definition) is 4. The number of rotatable bonds is 7. The minimum Gasteiger partial charge on any atom is -0.467 e. The van der Waals surface area contributed by atoms with Gasteiger partial charge < -0.3 is 19.3 Å². The van der Waals surface area contributed by atoms with Crippen LogP contribution in [-0.4, -0.2) is 17.6 Å². The average Bonchev–Trinajstić information content (AvgIpc) is 3.30. The van der Waals surface area contributed by atoms with E-state index >= 15 is 0 Å². The van der Waals surface area contributed by atoms with E-state index in [0.29, 0.717) is 18.6 Å². The summed E-state index contributed by atoms with van der Waals surface area (Å²) in [4.78, 5) is 11.9. The van der Waals surface area contributed by atoms with Gasteiger partial charge in [-0.05, 0) is 24.3 Å². The van der Waals surface area contributed by atoms with Gasteiger partial charge in [0.1, 0.15) is 23.4 Å². The van der Waals surface area contributed by atoms with Crippen molar-refractivity contribution in [3.05, 3.63) is 72.4 Å². The van der Waals surface area contributed by atoms with Crippen molar-refractivity contribution < 1.29 is 18.7 Å². The summed E-state index contributed by atoms with van der Waals surface area (Å²) in [7, 11) is 0. The molecule has 2 N–H and O–H groups in total. The number of nitrogens with one attached hydrogen (secondary N) is 1. The lowest BCUT2D eigenvalue weighted by Gasteiger charge is -2.09. The second-order valence-electron chi connectivity index (χ2n) is 5.47. The van der Waals surface area contributed by atoms with Crippen LogP contribution in [0.3, 0.4) is 0 Å². The molecule has 2 aromatic heterocycles. The van der Waals surface area contributed by atoms with Gasteiger partial charge in [0.25, 0.3) is 0 Å². The number of amides is 1. The van der Waals surface area contributed by atoms with Crippen LogP contribution in [0.4, 0.5) is 0 Å². The smallest absolute Gasteiger partial charge is 0.220 e. The molecule has 1 amide bonds. The van der Waals surface area contributed by atoms with E-state index in [1.165, 1.54) is 6.26 Å². The first-order chi connectivity index (χ1) is 11.7. The van der Waals surface area contributed by atoms with Crippen LogP contribution in [0.25, 0.3) is 11.3 Å². The summed E-state index contributed by atoms with van der Waals surface area (Å²) >= 11 is 0. The van der Waals surface area contributed by atoms with E-state index < -0.39 is 6.10 Å². The number of carbonyl (C=O) groups is 1. The Morgan fingerprint density at radius 1 is 1.08 bits per heavy atom. The van der Waals surface area contributed by atoms with E-state index in [9.17, 15) is 9.90 Å². The third-order valence-corrected chi connectivity index (χ3v) is 3.68. The Morgan fingerprint density at radius 2 is 1.92 bits per heavy atom. The Bertz CT molecular complexity index is 762. The van der Waals surface area contributed by atoms with Crippen LogP contribution in [0.5, 0.6) is 0 Å². The highest BCUT2D eigenvalue weighted by atomic mass is 16.4. The van der Waals surface area contributed by atoms with Gasteiger partial charge in [-0.1, -0.05) is 30.3 Å². The molecule has 0 radical (unpaired) electrons. The molecule has 0 saturated heterocycles. The molecule has 5 nitrogen and oxygen atoms in total. The zero-order valence-electron chi connectivity index (χ0n) is 13.1. The molecule has 0 aliphatic rings. The zero-order valence-corrected chi connectivity index (χ0v) is 13.1. The van der Waals surface area contributed by atoms with Gasteiger partial charge in [-0.25, -0.2) is 0 Å². The number of carbonyl (C=O) groups excluding carboxylic acids is 1. The molecule has 0 aliphatic heterocycles. The van der Waals surface area contributed by atoms with Crippen molar-refractivity contribution in [2.45, 2.75) is 18.9 Å². The molecule has 3 aromatic rings. The first-order valence-corrected chi connectivity index (χ1v) is 7.84. The summed E-state index contributed by atoms with van der Waals surface area (Å²) in [5.74, 6) is 1.85. The summed E-state index contributed by atoms with van der Waals surface area (Å²) < 4.78 is 10.8. The molecule has 124 valence electrons. The van der Waals surface area contributed by atoms with Crippen molar-refractivity contribution in [3.8, 4) is 11.3 Å². The largest absolute Gasteiger partial charge is 0.467 e. The van der Waals surface area contributed by atoms with Crippen molar-refractivity contribution in [3.63, 3.8) is 0 Å². The standard InChI is InChI=1S/C19H19NO4/c21-16(18-7-4-12-23-18)13-20-19(22)11-9-15-8-10-17(24-15)14-5-2-1-3-6-14/h1-8,10,12,16,21H,9,11,13H2,(H,20,22). The third kappa shape index (κ3) is 4.14. The van der Waals surface area contributed by atoms with E-state index in [0.717, 1.165) is 17.1 Å². The Morgan fingerprint density at radius 3 is 2.67 bits per heavy atom. The van der Waals surface area contributed by atoms with Crippen molar-refractivity contribution in [1.29, 1.82) is 0 Å². The quantitative estimate of drug-likeness (QED) is 0.699. The van der Waals surface area contributed by atoms with E-state index in [1.54, 1.807) is 12.1 Å². The van der Waals surface area contributed by atoms with E-state index in [4.69, 9.17) is 8.83 Å². The van der Waals surface area contributed by atoms with Crippen LogP contribution in [0.15, 0.2) is 69.7 Å². The maximum atomic E-state index is 11.9. The molecule has 0 aliphatic carbocycles. The van der Waals surface area contributed by atoms with E-state index in [2.05, 4.69) is 5.32 Å². The fourth-order valence-electron chi connectivity index (χ4n) is 2.39. The SMILES string of the molecule is O=C(CCc1ccc(-c2ccccc2)o1)NCC(O)c1ccco1. The number of hydrogen-bond donors (Lipinski definition) is 2. The number of aryl methyl sites for hydroxylation is 1. The molecule has 2 heterocycles. The highest BCUT2D eigenvalue weighted by molar-refractivity contribution is 5.76. The number of aliphatic hydroxyl groups is 1. The molecule has 0 spiro atoms. The zero-order chi connectivity index (χ0) is 16.8. The lowest BCUT2D eigenvalue weighted by molar-refractivity contribution is -0.121. The van der Waals surface area contributed by atoms with Gasteiger partial charge in [-0.15, -0.1) is 0 Å². The lowest BCUT2D eigenvalue weighted by atomic mass is 10.2. The molecule has 0 saturated carbocycles. The molecular weight excluding hydrogens is 306 g/mol. The third-order valence-electron chi connectivity index (χ3n) is 3.68. The highest BCUT2D eigenvalue weighted by Gasteiger charge is 2.12.